The van der Waals surface area contributed by atoms with Crippen molar-refractivity contribution >= 4 is 15.7 Å². The third-order valence-electron chi connectivity index (χ3n) is 2.29. The largest absolute Gasteiger partial charge is 0.377 e. The molecule has 1 aromatic heterocycles. The van der Waals surface area contributed by atoms with E-state index in [1.807, 2.05) is 0 Å². The molecule has 0 saturated heterocycles. The average Bonchev–Trinajstić information content (AvgIpc) is 2.79. The molecule has 0 aliphatic rings. The first kappa shape index (κ1) is 12.5. The van der Waals surface area contributed by atoms with Crippen molar-refractivity contribution in [1.29, 1.82) is 0 Å². The number of hydrogen-bond acceptors (Lipinski definition) is 4. The van der Waals surface area contributed by atoms with Gasteiger partial charge < -0.3 is 10.3 Å². The fourth-order valence-corrected chi connectivity index (χ4v) is 1.91. The highest BCUT2D eigenvalue weighted by atomic mass is 32.2. The van der Waals surface area contributed by atoms with Crippen molar-refractivity contribution in [2.45, 2.75) is 11.4 Å². The molecule has 0 unspecified atom stereocenters. The lowest BCUT2D eigenvalue weighted by atomic mass is 10.3. The van der Waals surface area contributed by atoms with Crippen molar-refractivity contribution in [3.8, 4) is 0 Å². The lowest BCUT2D eigenvalue weighted by Crippen LogP contribution is -2.12. The van der Waals surface area contributed by atoms with Crippen LogP contribution in [0.4, 0.5) is 10.1 Å². The Hall–Kier alpha value is -1.93. The fraction of sp³-hybridized carbons (Fsp3) is 0.100. The number of H-pyrrole nitrogens is 1. The van der Waals surface area contributed by atoms with Crippen LogP contribution in [-0.2, 0) is 16.6 Å². The monoisotopic (exact) mass is 270 g/mol. The Morgan fingerprint density at radius 2 is 2.22 bits per heavy atom. The maximum atomic E-state index is 13.6. The zero-order valence-corrected chi connectivity index (χ0v) is 10.0. The van der Waals surface area contributed by atoms with Gasteiger partial charge in [-0.05, 0) is 18.2 Å². The average molecular weight is 270 g/mol. The number of primary sulfonamides is 1. The van der Waals surface area contributed by atoms with Crippen molar-refractivity contribution < 1.29 is 12.8 Å². The Morgan fingerprint density at radius 1 is 1.44 bits per heavy atom. The summed E-state index contributed by atoms with van der Waals surface area (Å²) >= 11 is 0. The predicted octanol–water partition coefficient (Wildman–Crippen LogP) is 0.808. The summed E-state index contributed by atoms with van der Waals surface area (Å²) in [4.78, 5) is 6.41. The van der Waals surface area contributed by atoms with Gasteiger partial charge in [0.1, 0.15) is 5.82 Å². The molecular formula is C10H11FN4O2S. The number of nitrogens with one attached hydrogen (secondary N) is 2. The molecule has 0 aliphatic heterocycles. The maximum absolute atomic E-state index is 13.6. The van der Waals surface area contributed by atoms with Crippen molar-refractivity contribution in [3.05, 3.63) is 42.2 Å². The van der Waals surface area contributed by atoms with Gasteiger partial charge in [0, 0.05) is 6.20 Å². The van der Waals surface area contributed by atoms with Crippen LogP contribution < -0.4 is 10.5 Å². The van der Waals surface area contributed by atoms with E-state index in [2.05, 4.69) is 15.3 Å². The van der Waals surface area contributed by atoms with E-state index in [4.69, 9.17) is 5.14 Å². The summed E-state index contributed by atoms with van der Waals surface area (Å²) in [6, 6.07) is 3.45. The van der Waals surface area contributed by atoms with Crippen LogP contribution in [0.25, 0.3) is 0 Å². The topological polar surface area (TPSA) is 101 Å². The van der Waals surface area contributed by atoms with Crippen molar-refractivity contribution in [1.82, 2.24) is 9.97 Å². The lowest BCUT2D eigenvalue weighted by Gasteiger charge is -2.07. The van der Waals surface area contributed by atoms with Crippen LogP contribution in [0.2, 0.25) is 0 Å². The Labute approximate surface area is 103 Å². The van der Waals surface area contributed by atoms with Crippen LogP contribution >= 0.6 is 0 Å². The Morgan fingerprint density at radius 3 is 2.78 bits per heavy atom. The van der Waals surface area contributed by atoms with Gasteiger partial charge in [-0.3, -0.25) is 0 Å². The van der Waals surface area contributed by atoms with E-state index in [-0.39, 0.29) is 10.6 Å². The van der Waals surface area contributed by atoms with Gasteiger partial charge in [0.25, 0.3) is 0 Å². The number of halogens is 1. The first-order valence-electron chi connectivity index (χ1n) is 5.00. The highest BCUT2D eigenvalue weighted by molar-refractivity contribution is 7.89. The first-order valence-corrected chi connectivity index (χ1v) is 6.55. The smallest absolute Gasteiger partial charge is 0.238 e. The minimum atomic E-state index is -3.88. The highest BCUT2D eigenvalue weighted by Gasteiger charge is 2.11. The molecule has 0 bridgehead atoms. The van der Waals surface area contributed by atoms with Gasteiger partial charge in [-0.1, -0.05) is 0 Å². The van der Waals surface area contributed by atoms with E-state index in [1.165, 1.54) is 18.5 Å². The van der Waals surface area contributed by atoms with Gasteiger partial charge in [0.05, 0.1) is 29.1 Å². The summed E-state index contributed by atoms with van der Waals surface area (Å²) in [7, 11) is -3.88. The molecule has 6 nitrogen and oxygen atoms in total. The van der Waals surface area contributed by atoms with Gasteiger partial charge >= 0.3 is 0 Å². The van der Waals surface area contributed by atoms with E-state index in [9.17, 15) is 12.8 Å². The normalized spacial score (nSPS) is 11.4. The molecule has 2 aromatic rings. The molecular weight excluding hydrogens is 259 g/mol. The third-order valence-corrected chi connectivity index (χ3v) is 3.20. The molecule has 0 radical (unpaired) electrons. The fourth-order valence-electron chi connectivity index (χ4n) is 1.39. The molecule has 2 rings (SSSR count). The van der Waals surface area contributed by atoms with Crippen LogP contribution in [0.3, 0.4) is 0 Å². The Balaban J connectivity index is 2.15. The maximum Gasteiger partial charge on any atom is 0.238 e. The van der Waals surface area contributed by atoms with Gasteiger partial charge in [-0.15, -0.1) is 0 Å². The number of imidazole rings is 1. The molecule has 0 amide bonds. The molecule has 0 fully saturated rings. The third kappa shape index (κ3) is 2.84. The molecule has 4 N–H and O–H groups in total. The van der Waals surface area contributed by atoms with Gasteiger partial charge in [0.2, 0.25) is 10.0 Å². The standard InChI is InChI=1S/C10H11FN4O2S/c11-9-3-8(18(12,16)17)1-2-10(9)14-5-7-4-13-6-15-7/h1-4,6,14H,5H2,(H,13,15)(H2,12,16,17). The van der Waals surface area contributed by atoms with E-state index in [0.29, 0.717) is 6.54 Å². The van der Waals surface area contributed by atoms with Gasteiger partial charge in [-0.2, -0.15) is 0 Å². The van der Waals surface area contributed by atoms with Gasteiger partial charge in [0.15, 0.2) is 0 Å². The Kier molecular flexibility index (Phi) is 3.30. The molecule has 0 saturated carbocycles. The zero-order chi connectivity index (χ0) is 13.2. The molecule has 0 aliphatic carbocycles. The van der Waals surface area contributed by atoms with Crippen LogP contribution in [0.1, 0.15) is 5.69 Å². The van der Waals surface area contributed by atoms with E-state index in [1.54, 1.807) is 6.20 Å². The molecule has 96 valence electrons. The second-order valence-corrected chi connectivity index (χ2v) is 5.18. The quantitative estimate of drug-likeness (QED) is 0.765. The summed E-state index contributed by atoms with van der Waals surface area (Å²) in [5.41, 5.74) is 0.974. The lowest BCUT2D eigenvalue weighted by molar-refractivity contribution is 0.593. The summed E-state index contributed by atoms with van der Waals surface area (Å²) < 4.78 is 35.6. The Bertz CT molecular complexity index is 640. The van der Waals surface area contributed by atoms with Crippen molar-refractivity contribution in [3.63, 3.8) is 0 Å². The molecule has 0 atom stereocenters. The summed E-state index contributed by atoms with van der Waals surface area (Å²) in [6.45, 7) is 0.353. The number of benzene rings is 1. The number of aromatic nitrogens is 2. The highest BCUT2D eigenvalue weighted by Crippen LogP contribution is 2.18. The van der Waals surface area contributed by atoms with Crippen LogP contribution in [0.5, 0.6) is 0 Å². The minimum absolute atomic E-state index is 0.192. The number of rotatable bonds is 4. The minimum Gasteiger partial charge on any atom is -0.377 e. The molecule has 1 aromatic carbocycles. The number of nitrogens with zero attached hydrogens (tertiary/aromatic N) is 1. The van der Waals surface area contributed by atoms with Crippen molar-refractivity contribution in [2.75, 3.05) is 5.32 Å². The van der Waals surface area contributed by atoms with Gasteiger partial charge in [-0.25, -0.2) is 22.9 Å². The van der Waals surface area contributed by atoms with E-state index >= 15 is 0 Å². The van der Waals surface area contributed by atoms with Crippen LogP contribution in [-0.4, -0.2) is 18.4 Å². The number of hydrogen-bond donors (Lipinski definition) is 3. The molecule has 0 spiro atoms. The van der Waals surface area contributed by atoms with Crippen LogP contribution in [0, 0.1) is 5.82 Å². The van der Waals surface area contributed by atoms with Crippen LogP contribution in [0.15, 0.2) is 35.6 Å². The van der Waals surface area contributed by atoms with E-state index < -0.39 is 15.8 Å². The SMILES string of the molecule is NS(=O)(=O)c1ccc(NCc2cnc[nH]2)c(F)c1. The zero-order valence-electron chi connectivity index (χ0n) is 9.22. The number of sulfonamides is 1. The summed E-state index contributed by atoms with van der Waals surface area (Å²) in [6.07, 6.45) is 3.11. The molecule has 1 heterocycles. The summed E-state index contributed by atoms with van der Waals surface area (Å²) in [5.74, 6) is -0.680. The number of aromatic amines is 1. The first-order chi connectivity index (χ1) is 8.47. The number of nitrogens with two attached hydrogens (primary N) is 1. The second-order valence-electron chi connectivity index (χ2n) is 3.62. The molecule has 18 heavy (non-hydrogen) atoms. The van der Waals surface area contributed by atoms with Crippen molar-refractivity contribution in [2.24, 2.45) is 5.14 Å². The van der Waals surface area contributed by atoms with E-state index in [0.717, 1.165) is 11.8 Å². The summed E-state index contributed by atoms with van der Waals surface area (Å²) in [5, 5.41) is 7.71. The molecule has 8 heteroatoms. The predicted molar refractivity (Wildman–Crippen MR) is 63.7 cm³/mol. The second kappa shape index (κ2) is 4.75. The number of anilines is 1.